The molecule has 6 heteroatoms. The summed E-state index contributed by atoms with van der Waals surface area (Å²) >= 11 is 0. The summed E-state index contributed by atoms with van der Waals surface area (Å²) < 4.78 is 1.71. The van der Waals surface area contributed by atoms with Gasteiger partial charge in [0, 0.05) is 30.5 Å². The van der Waals surface area contributed by atoms with E-state index in [0.29, 0.717) is 17.8 Å². The minimum atomic E-state index is 0.0122. The number of carbonyl (C=O) groups excluding carboxylic acids is 1. The number of aromatic nitrogens is 3. The van der Waals surface area contributed by atoms with Crippen molar-refractivity contribution in [2.45, 2.75) is 32.2 Å². The van der Waals surface area contributed by atoms with Gasteiger partial charge in [0.25, 0.3) is 5.56 Å². The van der Waals surface area contributed by atoms with Gasteiger partial charge in [0.15, 0.2) is 0 Å². The van der Waals surface area contributed by atoms with E-state index in [9.17, 15) is 9.59 Å². The van der Waals surface area contributed by atoms with Gasteiger partial charge in [0.2, 0.25) is 5.91 Å². The van der Waals surface area contributed by atoms with Crippen molar-refractivity contribution in [2.24, 2.45) is 11.8 Å². The molecule has 3 aromatic rings. The van der Waals surface area contributed by atoms with Crippen molar-refractivity contribution in [2.75, 3.05) is 5.32 Å². The molecule has 2 aromatic heterocycles. The van der Waals surface area contributed by atoms with E-state index in [1.165, 1.54) is 0 Å². The Kier molecular flexibility index (Phi) is 4.96. The number of anilines is 1. The maximum Gasteiger partial charge on any atom is 0.261 e. The molecular formula is C21H22N4O2. The summed E-state index contributed by atoms with van der Waals surface area (Å²) in [4.78, 5) is 33.4. The monoisotopic (exact) mass is 362 g/mol. The van der Waals surface area contributed by atoms with Crippen LogP contribution in [-0.2, 0) is 11.3 Å². The van der Waals surface area contributed by atoms with E-state index in [0.717, 1.165) is 36.9 Å². The first kappa shape index (κ1) is 17.4. The van der Waals surface area contributed by atoms with Crippen LogP contribution < -0.4 is 10.9 Å². The Morgan fingerprint density at radius 1 is 1.07 bits per heavy atom. The molecule has 0 bridgehead atoms. The topological polar surface area (TPSA) is 76.9 Å². The molecule has 1 N–H and O–H groups in total. The zero-order chi connectivity index (χ0) is 18.6. The van der Waals surface area contributed by atoms with E-state index in [-0.39, 0.29) is 17.4 Å². The molecule has 6 nitrogen and oxygen atoms in total. The second-order valence-corrected chi connectivity index (χ2v) is 7.16. The molecule has 0 saturated heterocycles. The van der Waals surface area contributed by atoms with Crippen molar-refractivity contribution in [3.63, 3.8) is 0 Å². The molecule has 1 fully saturated rings. The predicted octanol–water partition coefficient (Wildman–Crippen LogP) is 3.24. The summed E-state index contributed by atoms with van der Waals surface area (Å²) in [5.74, 6) is 0.501. The lowest BCUT2D eigenvalue weighted by atomic mass is 9.81. The van der Waals surface area contributed by atoms with Crippen LogP contribution in [0.4, 0.5) is 5.69 Å². The highest BCUT2D eigenvalue weighted by Gasteiger charge is 2.26. The Morgan fingerprint density at radius 2 is 1.81 bits per heavy atom. The van der Waals surface area contributed by atoms with E-state index in [2.05, 4.69) is 15.3 Å². The summed E-state index contributed by atoms with van der Waals surface area (Å²) in [6.45, 7) is 0.662. The van der Waals surface area contributed by atoms with E-state index in [1.807, 2.05) is 24.3 Å². The summed E-state index contributed by atoms with van der Waals surface area (Å²) in [6.07, 6.45) is 8.55. The van der Waals surface area contributed by atoms with E-state index >= 15 is 0 Å². The first-order valence-corrected chi connectivity index (χ1v) is 9.36. The van der Waals surface area contributed by atoms with Crippen molar-refractivity contribution in [1.82, 2.24) is 14.5 Å². The molecule has 1 saturated carbocycles. The summed E-state index contributed by atoms with van der Waals surface area (Å²) in [5.41, 5.74) is 1.53. The normalized spacial score (nSPS) is 19.7. The van der Waals surface area contributed by atoms with Crippen molar-refractivity contribution in [3.8, 4) is 0 Å². The van der Waals surface area contributed by atoms with E-state index in [1.54, 1.807) is 35.4 Å². The van der Waals surface area contributed by atoms with Crippen molar-refractivity contribution < 1.29 is 4.79 Å². The molecule has 2 heterocycles. The molecule has 0 aliphatic heterocycles. The second-order valence-electron chi connectivity index (χ2n) is 7.16. The van der Waals surface area contributed by atoms with Gasteiger partial charge < -0.3 is 5.32 Å². The highest BCUT2D eigenvalue weighted by atomic mass is 16.2. The first-order valence-electron chi connectivity index (χ1n) is 9.36. The number of carbonyl (C=O) groups is 1. The third-order valence-corrected chi connectivity index (χ3v) is 5.35. The van der Waals surface area contributed by atoms with Gasteiger partial charge in [-0.1, -0.05) is 12.1 Å². The fraction of sp³-hybridized carbons (Fsp3) is 0.333. The molecule has 27 heavy (non-hydrogen) atoms. The summed E-state index contributed by atoms with van der Waals surface area (Å²) in [5, 5.41) is 3.62. The fourth-order valence-electron chi connectivity index (χ4n) is 3.80. The van der Waals surface area contributed by atoms with Gasteiger partial charge in [0.1, 0.15) is 0 Å². The third kappa shape index (κ3) is 3.89. The Labute approximate surface area is 157 Å². The number of pyridine rings is 1. The number of hydrogen-bond acceptors (Lipinski definition) is 4. The number of amides is 1. The fourth-order valence-corrected chi connectivity index (χ4v) is 3.80. The van der Waals surface area contributed by atoms with E-state index in [4.69, 9.17) is 0 Å². The molecule has 138 valence electrons. The Balaban J connectivity index is 1.36. The minimum Gasteiger partial charge on any atom is -0.326 e. The zero-order valence-corrected chi connectivity index (χ0v) is 15.0. The van der Waals surface area contributed by atoms with Gasteiger partial charge in [-0.15, -0.1) is 0 Å². The van der Waals surface area contributed by atoms with Crippen LogP contribution in [-0.4, -0.2) is 20.4 Å². The Bertz CT molecular complexity index is 992. The van der Waals surface area contributed by atoms with Gasteiger partial charge >= 0.3 is 0 Å². The smallest absolute Gasteiger partial charge is 0.261 e. The molecule has 4 rings (SSSR count). The zero-order valence-electron chi connectivity index (χ0n) is 15.0. The number of hydrogen-bond donors (Lipinski definition) is 1. The third-order valence-electron chi connectivity index (χ3n) is 5.35. The van der Waals surface area contributed by atoms with Gasteiger partial charge in [-0.05, 0) is 55.9 Å². The highest BCUT2D eigenvalue weighted by molar-refractivity contribution is 5.92. The number of benzene rings is 1. The maximum atomic E-state index is 12.6. The van der Waals surface area contributed by atoms with Crippen LogP contribution in [0.15, 0.2) is 59.9 Å². The molecular weight excluding hydrogens is 340 g/mol. The number of nitrogens with zero attached hydrogens (tertiary/aromatic N) is 3. The second kappa shape index (κ2) is 7.70. The van der Waals surface area contributed by atoms with Crippen LogP contribution >= 0.6 is 0 Å². The van der Waals surface area contributed by atoms with Crippen LogP contribution in [0, 0.1) is 11.8 Å². The lowest BCUT2D eigenvalue weighted by molar-refractivity contribution is -0.121. The molecule has 1 amide bonds. The van der Waals surface area contributed by atoms with Crippen molar-refractivity contribution >= 4 is 22.5 Å². The molecule has 0 spiro atoms. The van der Waals surface area contributed by atoms with Gasteiger partial charge in [0.05, 0.1) is 17.2 Å². The van der Waals surface area contributed by atoms with Crippen LogP contribution in [0.5, 0.6) is 0 Å². The number of fused-ring (bicyclic) bond motifs is 1. The lowest BCUT2D eigenvalue weighted by Gasteiger charge is -2.28. The van der Waals surface area contributed by atoms with Gasteiger partial charge in [-0.2, -0.15) is 0 Å². The average Bonchev–Trinajstić information content (AvgIpc) is 2.71. The molecule has 1 aliphatic rings. The number of para-hydroxylation sites is 1. The predicted molar refractivity (Wildman–Crippen MR) is 104 cm³/mol. The molecule has 1 aromatic carbocycles. The van der Waals surface area contributed by atoms with Gasteiger partial charge in [-0.3, -0.25) is 19.1 Å². The SMILES string of the molecule is O=C(Nc1ccncc1)C1CCC(Cn2cnc3ccccc3c2=O)CC1. The maximum absolute atomic E-state index is 12.6. The molecule has 0 radical (unpaired) electrons. The van der Waals surface area contributed by atoms with Crippen LogP contribution in [0.3, 0.4) is 0 Å². The largest absolute Gasteiger partial charge is 0.326 e. The quantitative estimate of drug-likeness (QED) is 0.773. The summed E-state index contributed by atoms with van der Waals surface area (Å²) in [6, 6.07) is 11.0. The van der Waals surface area contributed by atoms with Crippen molar-refractivity contribution in [3.05, 3.63) is 65.5 Å². The standard InChI is InChI=1S/C21H22N4O2/c26-20(24-17-9-11-22-12-10-17)16-7-5-15(6-8-16)13-25-14-23-19-4-2-1-3-18(19)21(25)27/h1-4,9-12,14-16H,5-8,13H2,(H,22,24,26). The highest BCUT2D eigenvalue weighted by Crippen LogP contribution is 2.30. The average molecular weight is 362 g/mol. The number of nitrogens with one attached hydrogen (secondary N) is 1. The van der Waals surface area contributed by atoms with Crippen LogP contribution in [0.25, 0.3) is 10.9 Å². The van der Waals surface area contributed by atoms with Crippen LogP contribution in [0.2, 0.25) is 0 Å². The number of rotatable bonds is 4. The van der Waals surface area contributed by atoms with E-state index < -0.39 is 0 Å². The van der Waals surface area contributed by atoms with Gasteiger partial charge in [-0.25, -0.2) is 4.98 Å². The molecule has 1 aliphatic carbocycles. The lowest BCUT2D eigenvalue weighted by Crippen LogP contribution is -2.30. The molecule has 0 unspecified atom stereocenters. The summed E-state index contributed by atoms with van der Waals surface area (Å²) in [7, 11) is 0. The minimum absolute atomic E-state index is 0.0122. The Hall–Kier alpha value is -3.02. The first-order chi connectivity index (χ1) is 13.2. The molecule has 0 atom stereocenters. The van der Waals surface area contributed by atoms with Crippen LogP contribution in [0.1, 0.15) is 25.7 Å². The Morgan fingerprint density at radius 3 is 2.59 bits per heavy atom. The van der Waals surface area contributed by atoms with Crippen molar-refractivity contribution in [1.29, 1.82) is 0 Å².